The SMILES string of the molecule is COc1ccc(Cl)cc1N1CCC(NC(=O)C(C)(C)N)C1.Cl.Cl. The number of anilines is 1. The Labute approximate surface area is 154 Å². The monoisotopic (exact) mass is 383 g/mol. The molecule has 1 aromatic carbocycles. The van der Waals surface area contributed by atoms with E-state index in [1.54, 1.807) is 27.0 Å². The molecule has 1 heterocycles. The van der Waals surface area contributed by atoms with Crippen LogP contribution in [0.2, 0.25) is 5.02 Å². The highest BCUT2D eigenvalue weighted by molar-refractivity contribution is 6.30. The first-order chi connectivity index (χ1) is 9.81. The summed E-state index contributed by atoms with van der Waals surface area (Å²) in [5, 5.41) is 3.66. The average molecular weight is 385 g/mol. The summed E-state index contributed by atoms with van der Waals surface area (Å²) in [4.78, 5) is 14.1. The van der Waals surface area contributed by atoms with Crippen LogP contribution in [0.3, 0.4) is 0 Å². The summed E-state index contributed by atoms with van der Waals surface area (Å²) >= 11 is 6.06. The number of ether oxygens (including phenoxy) is 1. The van der Waals surface area contributed by atoms with Crippen LogP contribution < -0.4 is 20.7 Å². The van der Waals surface area contributed by atoms with Crippen LogP contribution in [0.25, 0.3) is 0 Å². The molecule has 132 valence electrons. The second kappa shape index (κ2) is 8.83. The molecule has 0 spiro atoms. The average Bonchev–Trinajstić information content (AvgIpc) is 2.86. The molecule has 1 aromatic rings. The molecule has 1 saturated heterocycles. The second-order valence-corrected chi connectivity index (χ2v) is 6.38. The van der Waals surface area contributed by atoms with Crippen LogP contribution in [0.1, 0.15) is 20.3 Å². The lowest BCUT2D eigenvalue weighted by molar-refractivity contribution is -0.125. The minimum atomic E-state index is -0.860. The van der Waals surface area contributed by atoms with E-state index in [0.29, 0.717) is 5.02 Å². The van der Waals surface area contributed by atoms with E-state index in [1.165, 1.54) is 0 Å². The van der Waals surface area contributed by atoms with Gasteiger partial charge < -0.3 is 20.7 Å². The van der Waals surface area contributed by atoms with Gasteiger partial charge in [-0.15, -0.1) is 24.8 Å². The van der Waals surface area contributed by atoms with Crippen molar-refractivity contribution in [3.8, 4) is 5.75 Å². The van der Waals surface area contributed by atoms with Crippen molar-refractivity contribution in [3.05, 3.63) is 23.2 Å². The highest BCUT2D eigenvalue weighted by atomic mass is 35.5. The molecular weight excluding hydrogens is 361 g/mol. The zero-order valence-electron chi connectivity index (χ0n) is 13.5. The number of hydrogen-bond donors (Lipinski definition) is 2. The summed E-state index contributed by atoms with van der Waals surface area (Å²) in [5.41, 5.74) is 5.90. The first-order valence-corrected chi connectivity index (χ1v) is 7.37. The third-order valence-electron chi connectivity index (χ3n) is 3.59. The van der Waals surface area contributed by atoms with Crippen molar-refractivity contribution in [1.82, 2.24) is 5.32 Å². The van der Waals surface area contributed by atoms with Gasteiger partial charge in [0.15, 0.2) is 0 Å². The molecule has 1 aliphatic heterocycles. The summed E-state index contributed by atoms with van der Waals surface area (Å²) in [6.45, 7) is 4.97. The van der Waals surface area contributed by atoms with Crippen molar-refractivity contribution in [2.75, 3.05) is 25.1 Å². The molecule has 0 saturated carbocycles. The Morgan fingerprint density at radius 1 is 1.43 bits per heavy atom. The fourth-order valence-electron chi connectivity index (χ4n) is 2.38. The van der Waals surface area contributed by atoms with E-state index in [4.69, 9.17) is 22.1 Å². The number of amides is 1. The number of nitrogens with zero attached hydrogens (tertiary/aromatic N) is 1. The number of methoxy groups -OCH3 is 1. The minimum Gasteiger partial charge on any atom is -0.495 e. The van der Waals surface area contributed by atoms with E-state index in [-0.39, 0.29) is 36.8 Å². The predicted octanol–water partition coefficient (Wildman–Crippen LogP) is 2.62. The van der Waals surface area contributed by atoms with E-state index in [1.807, 2.05) is 12.1 Å². The fraction of sp³-hybridized carbons (Fsp3) is 0.533. The molecule has 1 fully saturated rings. The van der Waals surface area contributed by atoms with Crippen molar-refractivity contribution >= 4 is 48.0 Å². The lowest BCUT2D eigenvalue weighted by Gasteiger charge is -2.23. The Kier molecular flexibility index (Phi) is 8.49. The maximum absolute atomic E-state index is 11.9. The van der Waals surface area contributed by atoms with Crippen molar-refractivity contribution < 1.29 is 9.53 Å². The molecule has 0 radical (unpaired) electrons. The largest absolute Gasteiger partial charge is 0.495 e. The molecule has 3 N–H and O–H groups in total. The first kappa shape index (κ1) is 22.1. The van der Waals surface area contributed by atoms with Crippen molar-refractivity contribution in [3.63, 3.8) is 0 Å². The van der Waals surface area contributed by atoms with Gasteiger partial charge in [-0.1, -0.05) is 11.6 Å². The lowest BCUT2D eigenvalue weighted by Crippen LogP contribution is -2.52. The van der Waals surface area contributed by atoms with Crippen LogP contribution in [0.15, 0.2) is 18.2 Å². The maximum Gasteiger partial charge on any atom is 0.239 e. The van der Waals surface area contributed by atoms with E-state index in [2.05, 4.69) is 10.2 Å². The Bertz CT molecular complexity index is 535. The molecule has 2 rings (SSSR count). The molecule has 0 bridgehead atoms. The van der Waals surface area contributed by atoms with Gasteiger partial charge in [-0.2, -0.15) is 0 Å². The van der Waals surface area contributed by atoms with Crippen molar-refractivity contribution in [2.45, 2.75) is 31.8 Å². The number of carbonyl (C=O) groups is 1. The molecule has 1 unspecified atom stereocenters. The first-order valence-electron chi connectivity index (χ1n) is 6.99. The van der Waals surface area contributed by atoms with E-state index in [0.717, 1.165) is 30.9 Å². The van der Waals surface area contributed by atoms with Gasteiger partial charge in [0.2, 0.25) is 5.91 Å². The van der Waals surface area contributed by atoms with Gasteiger partial charge in [-0.05, 0) is 38.5 Å². The van der Waals surface area contributed by atoms with E-state index < -0.39 is 5.54 Å². The van der Waals surface area contributed by atoms with Gasteiger partial charge in [0.05, 0.1) is 18.3 Å². The number of carbonyl (C=O) groups excluding carboxylic acids is 1. The number of halogens is 3. The number of rotatable bonds is 4. The molecule has 1 amide bonds. The summed E-state index contributed by atoms with van der Waals surface area (Å²) < 4.78 is 5.38. The van der Waals surface area contributed by atoms with Gasteiger partial charge in [-0.3, -0.25) is 4.79 Å². The van der Waals surface area contributed by atoms with Gasteiger partial charge in [0.1, 0.15) is 5.75 Å². The Morgan fingerprint density at radius 3 is 2.65 bits per heavy atom. The minimum absolute atomic E-state index is 0. The summed E-state index contributed by atoms with van der Waals surface area (Å²) in [6.07, 6.45) is 0.873. The third-order valence-corrected chi connectivity index (χ3v) is 3.83. The molecule has 0 aliphatic carbocycles. The Hall–Kier alpha value is -0.880. The van der Waals surface area contributed by atoms with Crippen molar-refractivity contribution in [2.24, 2.45) is 5.73 Å². The summed E-state index contributed by atoms with van der Waals surface area (Å²) in [5.74, 6) is 0.651. The molecule has 8 heteroatoms. The normalized spacial score (nSPS) is 17.1. The Balaban J connectivity index is 0.00000242. The molecule has 1 aliphatic rings. The topological polar surface area (TPSA) is 67.6 Å². The lowest BCUT2D eigenvalue weighted by atomic mass is 10.1. The molecule has 5 nitrogen and oxygen atoms in total. The van der Waals surface area contributed by atoms with Crippen LogP contribution in [0.4, 0.5) is 5.69 Å². The van der Waals surface area contributed by atoms with Crippen LogP contribution in [-0.4, -0.2) is 37.7 Å². The second-order valence-electron chi connectivity index (χ2n) is 5.94. The standard InChI is InChI=1S/C15H22ClN3O2.2ClH/c1-15(2,17)14(20)18-11-6-7-19(9-11)12-8-10(16)4-5-13(12)21-3;;/h4-5,8,11H,6-7,9,17H2,1-3H3,(H,18,20);2*1H. The molecule has 0 aromatic heterocycles. The zero-order valence-corrected chi connectivity index (χ0v) is 15.9. The number of nitrogens with one attached hydrogen (secondary N) is 1. The summed E-state index contributed by atoms with van der Waals surface area (Å²) in [7, 11) is 1.64. The third kappa shape index (κ3) is 5.60. The maximum atomic E-state index is 11.9. The van der Waals surface area contributed by atoms with Crippen molar-refractivity contribution in [1.29, 1.82) is 0 Å². The predicted molar refractivity (Wildman–Crippen MR) is 99.5 cm³/mol. The Morgan fingerprint density at radius 2 is 2.09 bits per heavy atom. The van der Waals surface area contributed by atoms with Gasteiger partial charge >= 0.3 is 0 Å². The highest BCUT2D eigenvalue weighted by Crippen LogP contribution is 2.33. The van der Waals surface area contributed by atoms with Crippen LogP contribution in [0.5, 0.6) is 5.75 Å². The fourth-order valence-corrected chi connectivity index (χ4v) is 2.54. The van der Waals surface area contributed by atoms with Crippen LogP contribution in [0, 0.1) is 0 Å². The van der Waals surface area contributed by atoms with E-state index >= 15 is 0 Å². The molecular formula is C15H24Cl3N3O2. The smallest absolute Gasteiger partial charge is 0.239 e. The molecule has 23 heavy (non-hydrogen) atoms. The van der Waals surface area contributed by atoms with E-state index in [9.17, 15) is 4.79 Å². The number of nitrogens with two attached hydrogens (primary N) is 1. The quantitative estimate of drug-likeness (QED) is 0.837. The number of benzene rings is 1. The zero-order chi connectivity index (χ0) is 15.6. The van der Waals surface area contributed by atoms with Gasteiger partial charge in [-0.25, -0.2) is 0 Å². The van der Waals surface area contributed by atoms with Gasteiger partial charge in [0.25, 0.3) is 0 Å². The number of hydrogen-bond acceptors (Lipinski definition) is 4. The van der Waals surface area contributed by atoms with Gasteiger partial charge in [0, 0.05) is 24.2 Å². The highest BCUT2D eigenvalue weighted by Gasteiger charge is 2.29. The van der Waals surface area contributed by atoms with Crippen LogP contribution >= 0.6 is 36.4 Å². The van der Waals surface area contributed by atoms with Crippen LogP contribution in [-0.2, 0) is 4.79 Å². The molecule has 1 atom stereocenters. The summed E-state index contributed by atoms with van der Waals surface area (Å²) in [6, 6.07) is 5.63.